The Hall–Kier alpha value is -1.35. The van der Waals surface area contributed by atoms with Crippen molar-refractivity contribution < 1.29 is 9.90 Å². The van der Waals surface area contributed by atoms with Gasteiger partial charge in [0.15, 0.2) is 0 Å². The Bertz CT molecular complexity index is 376. The van der Waals surface area contributed by atoms with E-state index in [1.165, 1.54) is 5.56 Å². The highest BCUT2D eigenvalue weighted by Gasteiger charge is 2.13. The number of benzene rings is 1. The van der Waals surface area contributed by atoms with Crippen LogP contribution in [0.1, 0.15) is 38.8 Å². The van der Waals surface area contributed by atoms with Gasteiger partial charge in [0, 0.05) is 6.54 Å². The van der Waals surface area contributed by atoms with E-state index in [4.69, 9.17) is 5.11 Å². The smallest absolute Gasteiger partial charge is 0.320 e. The number of carboxylic acids is 1. The van der Waals surface area contributed by atoms with E-state index in [0.717, 1.165) is 5.56 Å². The standard InChI is InChI=1S/C14H21NO2/c1-10(13(16)17)15-9-11-5-7-12(8-6-11)14(2,3)4/h5-8,10,15H,9H2,1-4H3,(H,16,17). The summed E-state index contributed by atoms with van der Waals surface area (Å²) in [6.45, 7) is 8.75. The first-order chi connectivity index (χ1) is 7.80. The first kappa shape index (κ1) is 13.7. The maximum atomic E-state index is 10.6. The van der Waals surface area contributed by atoms with Gasteiger partial charge in [0.2, 0.25) is 0 Å². The van der Waals surface area contributed by atoms with Crippen LogP contribution in [0.5, 0.6) is 0 Å². The fraction of sp³-hybridized carbons (Fsp3) is 0.500. The molecule has 0 aliphatic rings. The minimum atomic E-state index is -0.823. The van der Waals surface area contributed by atoms with Crippen LogP contribution in [0.3, 0.4) is 0 Å². The predicted molar refractivity (Wildman–Crippen MR) is 69.1 cm³/mol. The molecule has 1 rings (SSSR count). The number of hydrogen-bond donors (Lipinski definition) is 2. The lowest BCUT2D eigenvalue weighted by molar-refractivity contribution is -0.139. The van der Waals surface area contributed by atoms with E-state index >= 15 is 0 Å². The average molecular weight is 235 g/mol. The Morgan fingerprint density at radius 2 is 1.82 bits per heavy atom. The molecule has 0 fully saturated rings. The lowest BCUT2D eigenvalue weighted by Crippen LogP contribution is -2.33. The van der Waals surface area contributed by atoms with Gasteiger partial charge in [-0.3, -0.25) is 4.79 Å². The molecule has 0 aromatic heterocycles. The third-order valence-corrected chi connectivity index (χ3v) is 2.80. The van der Waals surface area contributed by atoms with Crippen molar-refractivity contribution >= 4 is 5.97 Å². The van der Waals surface area contributed by atoms with Gasteiger partial charge in [0.1, 0.15) is 6.04 Å². The van der Waals surface area contributed by atoms with Gasteiger partial charge in [-0.25, -0.2) is 0 Å². The topological polar surface area (TPSA) is 49.3 Å². The SMILES string of the molecule is CC(NCc1ccc(C(C)(C)C)cc1)C(=O)O. The molecule has 3 heteroatoms. The van der Waals surface area contributed by atoms with E-state index in [0.29, 0.717) is 6.54 Å². The lowest BCUT2D eigenvalue weighted by Gasteiger charge is -2.19. The molecule has 0 aliphatic heterocycles. The Morgan fingerprint density at radius 1 is 1.29 bits per heavy atom. The Labute approximate surface area is 103 Å². The van der Waals surface area contributed by atoms with Gasteiger partial charge in [-0.05, 0) is 23.5 Å². The van der Waals surface area contributed by atoms with Gasteiger partial charge in [0.25, 0.3) is 0 Å². The van der Waals surface area contributed by atoms with Gasteiger partial charge in [-0.1, -0.05) is 45.0 Å². The van der Waals surface area contributed by atoms with Crippen LogP contribution in [0.4, 0.5) is 0 Å². The number of carboxylic acid groups (broad SMARTS) is 1. The molecule has 0 saturated heterocycles. The first-order valence-electron chi connectivity index (χ1n) is 5.86. The van der Waals surface area contributed by atoms with Gasteiger partial charge in [-0.15, -0.1) is 0 Å². The number of aliphatic carboxylic acids is 1. The third kappa shape index (κ3) is 4.19. The van der Waals surface area contributed by atoms with Gasteiger partial charge < -0.3 is 10.4 Å². The van der Waals surface area contributed by atoms with E-state index in [1.54, 1.807) is 6.92 Å². The molecule has 1 aromatic carbocycles. The van der Waals surface area contributed by atoms with Gasteiger partial charge in [-0.2, -0.15) is 0 Å². The number of nitrogens with one attached hydrogen (secondary N) is 1. The highest BCUT2D eigenvalue weighted by atomic mass is 16.4. The average Bonchev–Trinajstić information content (AvgIpc) is 2.25. The van der Waals surface area contributed by atoms with Crippen LogP contribution < -0.4 is 5.32 Å². The van der Waals surface area contributed by atoms with Crippen molar-refractivity contribution in [3.8, 4) is 0 Å². The molecule has 0 aliphatic carbocycles. The van der Waals surface area contributed by atoms with E-state index < -0.39 is 12.0 Å². The summed E-state index contributed by atoms with van der Waals surface area (Å²) in [5, 5.41) is 11.7. The normalized spacial score (nSPS) is 13.4. The Kier molecular flexibility index (Phi) is 4.29. The molecule has 0 amide bonds. The molecule has 3 nitrogen and oxygen atoms in total. The van der Waals surface area contributed by atoms with Crippen molar-refractivity contribution in [2.75, 3.05) is 0 Å². The summed E-state index contributed by atoms with van der Waals surface area (Å²) in [7, 11) is 0. The summed E-state index contributed by atoms with van der Waals surface area (Å²) < 4.78 is 0. The van der Waals surface area contributed by atoms with E-state index in [-0.39, 0.29) is 5.41 Å². The first-order valence-corrected chi connectivity index (χ1v) is 5.86. The zero-order valence-corrected chi connectivity index (χ0v) is 10.9. The van der Waals surface area contributed by atoms with Crippen LogP contribution in [-0.4, -0.2) is 17.1 Å². The summed E-state index contributed by atoms with van der Waals surface area (Å²) in [5.74, 6) is -0.823. The molecule has 17 heavy (non-hydrogen) atoms. The zero-order chi connectivity index (χ0) is 13.1. The molecule has 1 unspecified atom stereocenters. The summed E-state index contributed by atoms with van der Waals surface area (Å²) in [4.78, 5) is 10.6. The second-order valence-corrected chi connectivity index (χ2v) is 5.39. The fourth-order valence-electron chi connectivity index (χ4n) is 1.48. The summed E-state index contributed by atoms with van der Waals surface area (Å²) in [6, 6.07) is 7.77. The molecule has 0 heterocycles. The molecular weight excluding hydrogens is 214 g/mol. The minimum Gasteiger partial charge on any atom is -0.480 e. The summed E-state index contributed by atoms with van der Waals surface area (Å²) in [6.07, 6.45) is 0. The minimum absolute atomic E-state index is 0.153. The second kappa shape index (κ2) is 5.32. The quantitative estimate of drug-likeness (QED) is 0.843. The number of rotatable bonds is 4. The van der Waals surface area contributed by atoms with Crippen LogP contribution in [-0.2, 0) is 16.8 Å². The van der Waals surface area contributed by atoms with Crippen molar-refractivity contribution in [3.63, 3.8) is 0 Å². The highest BCUT2D eigenvalue weighted by Crippen LogP contribution is 2.22. The molecule has 0 spiro atoms. The van der Waals surface area contributed by atoms with Crippen LogP contribution in [0, 0.1) is 0 Å². The molecule has 1 aromatic rings. The van der Waals surface area contributed by atoms with Crippen LogP contribution >= 0.6 is 0 Å². The van der Waals surface area contributed by atoms with Gasteiger partial charge in [0.05, 0.1) is 0 Å². The molecule has 0 radical (unpaired) electrons. The highest BCUT2D eigenvalue weighted by molar-refractivity contribution is 5.72. The lowest BCUT2D eigenvalue weighted by atomic mass is 9.87. The van der Waals surface area contributed by atoms with Crippen molar-refractivity contribution in [3.05, 3.63) is 35.4 Å². The zero-order valence-electron chi connectivity index (χ0n) is 10.9. The maximum Gasteiger partial charge on any atom is 0.320 e. The summed E-state index contributed by atoms with van der Waals surface area (Å²) >= 11 is 0. The van der Waals surface area contributed by atoms with E-state index in [9.17, 15) is 4.79 Å². The van der Waals surface area contributed by atoms with Crippen LogP contribution in [0.25, 0.3) is 0 Å². The molecule has 94 valence electrons. The second-order valence-electron chi connectivity index (χ2n) is 5.39. The Morgan fingerprint density at radius 3 is 2.24 bits per heavy atom. The maximum absolute atomic E-state index is 10.6. The van der Waals surface area contributed by atoms with Crippen LogP contribution in [0.2, 0.25) is 0 Å². The summed E-state index contributed by atoms with van der Waals surface area (Å²) in [5.41, 5.74) is 2.54. The van der Waals surface area contributed by atoms with Crippen LogP contribution in [0.15, 0.2) is 24.3 Å². The number of carbonyl (C=O) groups is 1. The van der Waals surface area contributed by atoms with Crippen molar-refractivity contribution in [1.29, 1.82) is 0 Å². The Balaban J connectivity index is 2.60. The third-order valence-electron chi connectivity index (χ3n) is 2.80. The molecule has 0 bridgehead atoms. The van der Waals surface area contributed by atoms with Crippen molar-refractivity contribution in [2.45, 2.75) is 45.7 Å². The monoisotopic (exact) mass is 235 g/mol. The van der Waals surface area contributed by atoms with E-state index in [2.05, 4.69) is 38.2 Å². The molecular formula is C14H21NO2. The van der Waals surface area contributed by atoms with Crippen molar-refractivity contribution in [2.24, 2.45) is 0 Å². The predicted octanol–water partition coefficient (Wildman–Crippen LogP) is 2.55. The fourth-order valence-corrected chi connectivity index (χ4v) is 1.48. The number of hydrogen-bond acceptors (Lipinski definition) is 2. The largest absolute Gasteiger partial charge is 0.480 e. The van der Waals surface area contributed by atoms with Crippen molar-refractivity contribution in [1.82, 2.24) is 5.32 Å². The molecule has 2 N–H and O–H groups in total. The molecule has 1 atom stereocenters. The van der Waals surface area contributed by atoms with Gasteiger partial charge >= 0.3 is 5.97 Å². The van der Waals surface area contributed by atoms with E-state index in [1.807, 2.05) is 12.1 Å². The molecule has 0 saturated carbocycles.